The van der Waals surface area contributed by atoms with Gasteiger partial charge in [0.2, 0.25) is 5.91 Å². The molecule has 0 aromatic carbocycles. The van der Waals surface area contributed by atoms with Crippen LogP contribution in [0.2, 0.25) is 0 Å². The van der Waals surface area contributed by atoms with Crippen molar-refractivity contribution in [3.8, 4) is 0 Å². The lowest BCUT2D eigenvalue weighted by Gasteiger charge is -2.40. The van der Waals surface area contributed by atoms with Gasteiger partial charge in [0.25, 0.3) is 0 Å². The van der Waals surface area contributed by atoms with Crippen LogP contribution in [0.3, 0.4) is 0 Å². The van der Waals surface area contributed by atoms with Gasteiger partial charge in [0, 0.05) is 6.42 Å². The molecule has 5 atom stereocenters. The van der Waals surface area contributed by atoms with Crippen LogP contribution in [0.15, 0.2) is 0 Å². The van der Waals surface area contributed by atoms with E-state index in [9.17, 15) is 29.7 Å². The predicted octanol–water partition coefficient (Wildman–Crippen LogP) is -1.96. The van der Waals surface area contributed by atoms with Crippen LogP contribution in [0.25, 0.3) is 0 Å². The van der Waals surface area contributed by atoms with Crippen LogP contribution in [-0.2, 0) is 28.5 Å². The molecule has 25 heavy (non-hydrogen) atoms. The van der Waals surface area contributed by atoms with Gasteiger partial charge >= 0.3 is 12.1 Å². The summed E-state index contributed by atoms with van der Waals surface area (Å²) in [6.45, 7) is 0.580. The summed E-state index contributed by atoms with van der Waals surface area (Å²) in [5, 5.41) is 32.3. The van der Waals surface area contributed by atoms with E-state index in [0.717, 1.165) is 7.11 Å². The molecule has 1 fully saturated rings. The number of aliphatic hydroxyl groups is 3. The molecule has 1 aliphatic heterocycles. The first-order valence-corrected chi connectivity index (χ1v) is 7.65. The average Bonchev–Trinajstić information content (AvgIpc) is 2.58. The Morgan fingerprint density at radius 2 is 1.80 bits per heavy atom. The van der Waals surface area contributed by atoms with Crippen LogP contribution < -0.4 is 5.32 Å². The fraction of sp³-hybridized carbons (Fsp3) is 0.786. The van der Waals surface area contributed by atoms with Gasteiger partial charge < -0.3 is 39.6 Å². The van der Waals surface area contributed by atoms with Crippen LogP contribution >= 0.6 is 0 Å². The molecule has 1 aliphatic rings. The Morgan fingerprint density at radius 1 is 1.12 bits per heavy atom. The van der Waals surface area contributed by atoms with E-state index in [0.29, 0.717) is 6.42 Å². The van der Waals surface area contributed by atoms with Crippen molar-refractivity contribution in [1.29, 1.82) is 0 Å². The van der Waals surface area contributed by atoms with Crippen molar-refractivity contribution in [2.45, 2.75) is 50.4 Å². The molecule has 1 amide bonds. The van der Waals surface area contributed by atoms with E-state index in [4.69, 9.17) is 4.74 Å². The summed E-state index contributed by atoms with van der Waals surface area (Å²) in [7, 11) is 1.11. The first-order valence-electron chi connectivity index (χ1n) is 7.65. The molecular formula is C14H23NO10. The summed E-state index contributed by atoms with van der Waals surface area (Å²) in [6.07, 6.45) is -6.41. The minimum Gasteiger partial charge on any atom is -0.466 e. The lowest BCUT2D eigenvalue weighted by molar-refractivity contribution is -0.254. The number of esters is 1. The van der Waals surface area contributed by atoms with Crippen molar-refractivity contribution in [3.05, 3.63) is 0 Å². The first-order chi connectivity index (χ1) is 11.8. The zero-order valence-corrected chi connectivity index (χ0v) is 13.9. The Bertz CT molecular complexity index is 471. The highest BCUT2D eigenvalue weighted by Crippen LogP contribution is 2.20. The van der Waals surface area contributed by atoms with Crippen molar-refractivity contribution >= 4 is 18.0 Å². The van der Waals surface area contributed by atoms with Crippen molar-refractivity contribution in [2.24, 2.45) is 0 Å². The molecule has 4 N–H and O–H groups in total. The zero-order chi connectivity index (χ0) is 19.0. The number of methoxy groups -OCH3 is 1. The molecule has 2 unspecified atom stereocenters. The molecule has 0 aromatic heterocycles. The highest BCUT2D eigenvalue weighted by Gasteiger charge is 2.45. The molecule has 1 saturated heterocycles. The molecule has 0 aromatic rings. The third-order valence-electron chi connectivity index (χ3n) is 3.43. The smallest absolute Gasteiger partial charge is 0.466 e. The molecule has 0 aliphatic carbocycles. The van der Waals surface area contributed by atoms with E-state index in [1.165, 1.54) is 0 Å². The maximum atomic E-state index is 11.6. The number of nitrogens with one attached hydrogen (secondary N) is 1. The Morgan fingerprint density at radius 3 is 2.40 bits per heavy atom. The highest BCUT2D eigenvalue weighted by molar-refractivity contribution is 5.76. The van der Waals surface area contributed by atoms with E-state index in [1.54, 1.807) is 6.92 Å². The number of aliphatic hydroxyl groups excluding tert-OH is 3. The van der Waals surface area contributed by atoms with Crippen LogP contribution in [0.5, 0.6) is 0 Å². The number of hydrogen-bond donors (Lipinski definition) is 4. The highest BCUT2D eigenvalue weighted by atomic mass is 16.7. The van der Waals surface area contributed by atoms with Gasteiger partial charge in [-0.1, -0.05) is 6.92 Å². The molecular weight excluding hydrogens is 342 g/mol. The number of rotatable bonds is 7. The summed E-state index contributed by atoms with van der Waals surface area (Å²) < 4.78 is 18.4. The van der Waals surface area contributed by atoms with Crippen molar-refractivity contribution in [2.75, 3.05) is 20.3 Å². The summed E-state index contributed by atoms with van der Waals surface area (Å²) in [5.74, 6) is -1.20. The van der Waals surface area contributed by atoms with Crippen molar-refractivity contribution in [3.63, 3.8) is 0 Å². The second-order valence-electron chi connectivity index (χ2n) is 5.32. The molecule has 1 rings (SSSR count). The Labute approximate surface area is 143 Å². The lowest BCUT2D eigenvalue weighted by atomic mass is 9.97. The Kier molecular flexibility index (Phi) is 8.55. The second kappa shape index (κ2) is 10.1. The molecule has 11 nitrogen and oxygen atoms in total. The SMILES string of the molecule is CCCC(=O)N[C@H]1C(O)OC(COC(=O)OCC(=O)OC)[C@@H](O)[C@@H]1O. The third-order valence-corrected chi connectivity index (χ3v) is 3.43. The number of carbonyl (C=O) groups excluding carboxylic acids is 3. The summed E-state index contributed by atoms with van der Waals surface area (Å²) in [4.78, 5) is 33.7. The van der Waals surface area contributed by atoms with E-state index in [-0.39, 0.29) is 6.42 Å². The van der Waals surface area contributed by atoms with Crippen LogP contribution in [0.1, 0.15) is 19.8 Å². The normalized spacial score (nSPS) is 28.8. The molecule has 0 bridgehead atoms. The van der Waals surface area contributed by atoms with Crippen molar-refractivity contribution < 1.29 is 48.7 Å². The van der Waals surface area contributed by atoms with Gasteiger partial charge in [-0.3, -0.25) is 4.79 Å². The van der Waals surface area contributed by atoms with E-state index < -0.39 is 61.9 Å². The van der Waals surface area contributed by atoms with E-state index >= 15 is 0 Å². The quantitative estimate of drug-likeness (QED) is 0.373. The minimum atomic E-state index is -1.61. The van der Waals surface area contributed by atoms with Gasteiger partial charge in [-0.05, 0) is 6.42 Å². The van der Waals surface area contributed by atoms with E-state index in [2.05, 4.69) is 19.5 Å². The topological polar surface area (TPSA) is 161 Å². The summed E-state index contributed by atoms with van der Waals surface area (Å²) in [5.41, 5.74) is 0. The fourth-order valence-electron chi connectivity index (χ4n) is 2.09. The third kappa shape index (κ3) is 6.46. The van der Waals surface area contributed by atoms with Crippen LogP contribution in [0, 0.1) is 0 Å². The standard InChI is InChI=1S/C14H23NO10/c1-3-4-8(16)15-10-12(19)11(18)7(25-13(10)20)5-23-14(21)24-6-9(17)22-2/h7,10-13,18-20H,3-6H2,1-2H3,(H,15,16)/t7?,10-,11-,12-,13?/m1/s1. The molecule has 0 radical (unpaired) electrons. The molecule has 0 saturated carbocycles. The first kappa shape index (κ1) is 21.1. The summed E-state index contributed by atoms with van der Waals surface area (Å²) >= 11 is 0. The summed E-state index contributed by atoms with van der Waals surface area (Å²) in [6, 6.07) is -1.23. The molecule has 0 spiro atoms. The van der Waals surface area contributed by atoms with Crippen LogP contribution in [-0.4, -0.2) is 84.3 Å². The van der Waals surface area contributed by atoms with Gasteiger partial charge in [0.1, 0.15) is 31.0 Å². The lowest BCUT2D eigenvalue weighted by Crippen LogP contribution is -2.64. The van der Waals surface area contributed by atoms with Crippen LogP contribution in [0.4, 0.5) is 4.79 Å². The van der Waals surface area contributed by atoms with Gasteiger partial charge in [0.15, 0.2) is 12.9 Å². The zero-order valence-electron chi connectivity index (χ0n) is 13.9. The monoisotopic (exact) mass is 365 g/mol. The number of carbonyl (C=O) groups is 3. The van der Waals surface area contributed by atoms with Gasteiger partial charge in [-0.2, -0.15) is 0 Å². The number of amides is 1. The Balaban J connectivity index is 2.49. The number of hydrogen-bond acceptors (Lipinski definition) is 10. The predicted molar refractivity (Wildman–Crippen MR) is 79.0 cm³/mol. The molecule has 144 valence electrons. The number of ether oxygens (including phenoxy) is 4. The largest absolute Gasteiger partial charge is 0.508 e. The van der Waals surface area contributed by atoms with Gasteiger partial charge in [-0.15, -0.1) is 0 Å². The van der Waals surface area contributed by atoms with E-state index in [1.807, 2.05) is 0 Å². The maximum Gasteiger partial charge on any atom is 0.508 e. The minimum absolute atomic E-state index is 0.185. The van der Waals surface area contributed by atoms with Crippen molar-refractivity contribution in [1.82, 2.24) is 5.32 Å². The molecule has 11 heteroatoms. The maximum absolute atomic E-state index is 11.6. The fourth-order valence-corrected chi connectivity index (χ4v) is 2.09. The van der Waals surface area contributed by atoms with Gasteiger partial charge in [0.05, 0.1) is 7.11 Å². The molecule has 1 heterocycles. The average molecular weight is 365 g/mol. The second-order valence-corrected chi connectivity index (χ2v) is 5.32. The van der Waals surface area contributed by atoms with Gasteiger partial charge in [-0.25, -0.2) is 9.59 Å². The Hall–Kier alpha value is -1.95.